The molecule has 1 unspecified atom stereocenters. The van der Waals surface area contributed by atoms with Gasteiger partial charge in [0, 0.05) is 26.2 Å². The van der Waals surface area contributed by atoms with Gasteiger partial charge in [-0.1, -0.05) is 0 Å². The Morgan fingerprint density at radius 2 is 2.43 bits per heavy atom. The topological polar surface area (TPSA) is 41.7 Å². The van der Waals surface area contributed by atoms with Crippen molar-refractivity contribution >= 4 is 15.9 Å². The van der Waals surface area contributed by atoms with Crippen LogP contribution in [0.5, 0.6) is 0 Å². The standard InChI is InChI=1S/C9H16BrN3O/c1-12-9(8(10)6-14-12)13-4-2-3-7(11)5-13/h6-7,9H,2-5,11H2,1H3/t7-,9?/m1/s1. The molecule has 1 saturated heterocycles. The first-order chi connectivity index (χ1) is 6.68. The van der Waals surface area contributed by atoms with Gasteiger partial charge in [0.05, 0.1) is 4.48 Å². The second kappa shape index (κ2) is 4.18. The number of halogens is 1. The van der Waals surface area contributed by atoms with Gasteiger partial charge < -0.3 is 10.6 Å². The fraction of sp³-hybridized carbons (Fsp3) is 0.778. The third kappa shape index (κ3) is 1.95. The fourth-order valence-corrected chi connectivity index (χ4v) is 2.75. The van der Waals surface area contributed by atoms with Gasteiger partial charge in [0.1, 0.15) is 12.4 Å². The number of nitrogens with two attached hydrogens (primary N) is 1. The van der Waals surface area contributed by atoms with Gasteiger partial charge in [-0.15, -0.1) is 5.06 Å². The van der Waals surface area contributed by atoms with E-state index in [0.29, 0.717) is 6.04 Å². The number of hydrogen-bond acceptors (Lipinski definition) is 4. The third-order valence-electron chi connectivity index (χ3n) is 2.76. The van der Waals surface area contributed by atoms with Crippen LogP contribution in [0.3, 0.4) is 0 Å². The molecule has 4 nitrogen and oxygen atoms in total. The molecule has 2 rings (SSSR count). The molecule has 0 aromatic rings. The Morgan fingerprint density at radius 1 is 1.64 bits per heavy atom. The molecule has 0 aliphatic carbocycles. The van der Waals surface area contributed by atoms with Crippen molar-refractivity contribution in [1.29, 1.82) is 0 Å². The van der Waals surface area contributed by atoms with Gasteiger partial charge >= 0.3 is 0 Å². The van der Waals surface area contributed by atoms with Crippen LogP contribution >= 0.6 is 15.9 Å². The lowest BCUT2D eigenvalue weighted by Crippen LogP contribution is -2.51. The summed E-state index contributed by atoms with van der Waals surface area (Å²) in [5, 5.41) is 1.85. The molecule has 2 N–H and O–H groups in total. The minimum atomic E-state index is 0.210. The maximum absolute atomic E-state index is 5.95. The Kier molecular flexibility index (Phi) is 3.11. The molecule has 0 radical (unpaired) electrons. The molecule has 0 bridgehead atoms. The summed E-state index contributed by atoms with van der Waals surface area (Å²) < 4.78 is 1.08. The van der Waals surface area contributed by atoms with Gasteiger partial charge in [-0.3, -0.25) is 4.90 Å². The Hall–Kier alpha value is -0.100. The summed E-state index contributed by atoms with van der Waals surface area (Å²) in [6, 6.07) is 0.304. The molecule has 2 heterocycles. The molecular weight excluding hydrogens is 246 g/mol. The normalized spacial score (nSPS) is 35.5. The molecule has 0 spiro atoms. The summed E-state index contributed by atoms with van der Waals surface area (Å²) in [6.07, 6.45) is 4.26. The van der Waals surface area contributed by atoms with E-state index in [1.807, 2.05) is 12.1 Å². The van der Waals surface area contributed by atoms with E-state index in [4.69, 9.17) is 10.6 Å². The number of piperidine rings is 1. The van der Waals surface area contributed by atoms with Crippen molar-refractivity contribution < 1.29 is 4.84 Å². The zero-order valence-electron chi connectivity index (χ0n) is 8.32. The molecule has 0 amide bonds. The highest BCUT2D eigenvalue weighted by Gasteiger charge is 2.33. The number of rotatable bonds is 1. The van der Waals surface area contributed by atoms with Crippen LogP contribution in [0.25, 0.3) is 0 Å². The van der Waals surface area contributed by atoms with Crippen molar-refractivity contribution in [3.05, 3.63) is 10.7 Å². The second-order valence-electron chi connectivity index (χ2n) is 3.93. The van der Waals surface area contributed by atoms with Crippen LogP contribution in [-0.2, 0) is 4.84 Å². The maximum Gasteiger partial charge on any atom is 0.132 e. The van der Waals surface area contributed by atoms with Crippen LogP contribution in [0.1, 0.15) is 12.8 Å². The quantitative estimate of drug-likeness (QED) is 0.760. The number of likely N-dealkylation sites (N-methyl/N-ethyl adjacent to an activating group) is 1. The smallest absolute Gasteiger partial charge is 0.132 e. The van der Waals surface area contributed by atoms with Crippen molar-refractivity contribution in [3.8, 4) is 0 Å². The Bertz CT molecular complexity index is 246. The molecule has 80 valence electrons. The van der Waals surface area contributed by atoms with Crippen LogP contribution in [0.15, 0.2) is 10.7 Å². The molecule has 0 saturated carbocycles. The van der Waals surface area contributed by atoms with Crippen molar-refractivity contribution in [1.82, 2.24) is 9.96 Å². The highest BCUT2D eigenvalue weighted by molar-refractivity contribution is 9.11. The molecule has 2 aliphatic rings. The molecule has 2 aliphatic heterocycles. The monoisotopic (exact) mass is 261 g/mol. The van der Waals surface area contributed by atoms with Crippen LogP contribution in [0, 0.1) is 0 Å². The highest BCUT2D eigenvalue weighted by Crippen LogP contribution is 2.27. The summed E-state index contributed by atoms with van der Waals surface area (Å²) in [5.74, 6) is 0. The van der Waals surface area contributed by atoms with Crippen LogP contribution in [0.4, 0.5) is 0 Å². The molecule has 5 heteroatoms. The van der Waals surface area contributed by atoms with Gasteiger partial charge in [-0.05, 0) is 28.8 Å². The van der Waals surface area contributed by atoms with Crippen LogP contribution in [0.2, 0.25) is 0 Å². The lowest BCUT2D eigenvalue weighted by atomic mass is 10.1. The first-order valence-electron chi connectivity index (χ1n) is 4.93. The van der Waals surface area contributed by atoms with Gasteiger partial charge in [-0.25, -0.2) is 0 Å². The van der Waals surface area contributed by atoms with Gasteiger partial charge in [0.25, 0.3) is 0 Å². The SMILES string of the molecule is CN1OC=C(Br)C1N1CCC[C@@H](N)C1. The lowest BCUT2D eigenvalue weighted by molar-refractivity contribution is -0.124. The zero-order valence-corrected chi connectivity index (χ0v) is 9.90. The summed E-state index contributed by atoms with van der Waals surface area (Å²) in [5.41, 5.74) is 5.95. The predicted molar refractivity (Wildman–Crippen MR) is 58.4 cm³/mol. The van der Waals surface area contributed by atoms with Crippen molar-refractivity contribution in [2.45, 2.75) is 25.0 Å². The molecule has 0 aromatic carbocycles. The summed E-state index contributed by atoms with van der Waals surface area (Å²) >= 11 is 3.51. The highest BCUT2D eigenvalue weighted by atomic mass is 79.9. The van der Waals surface area contributed by atoms with Gasteiger partial charge in [0.2, 0.25) is 0 Å². The zero-order chi connectivity index (χ0) is 10.1. The van der Waals surface area contributed by atoms with Crippen molar-refractivity contribution in [3.63, 3.8) is 0 Å². The predicted octanol–water partition coefficient (Wildman–Crippen LogP) is 0.849. The number of hydroxylamine groups is 2. The van der Waals surface area contributed by atoms with E-state index >= 15 is 0 Å². The average molecular weight is 262 g/mol. The maximum atomic E-state index is 5.95. The second-order valence-corrected chi connectivity index (χ2v) is 4.84. The average Bonchev–Trinajstić information content (AvgIpc) is 2.46. The lowest BCUT2D eigenvalue weighted by Gasteiger charge is -2.37. The number of likely N-dealkylation sites (tertiary alicyclic amines) is 1. The summed E-state index contributed by atoms with van der Waals surface area (Å²) in [6.45, 7) is 2.04. The number of nitrogens with zero attached hydrogens (tertiary/aromatic N) is 2. The van der Waals surface area contributed by atoms with Gasteiger partial charge in [-0.2, -0.15) is 0 Å². The third-order valence-corrected chi connectivity index (χ3v) is 3.35. The summed E-state index contributed by atoms with van der Waals surface area (Å²) in [4.78, 5) is 7.66. The minimum absolute atomic E-state index is 0.210. The van der Waals surface area contributed by atoms with Gasteiger partial charge in [0.15, 0.2) is 0 Å². The Balaban J connectivity index is 2.02. The van der Waals surface area contributed by atoms with Crippen molar-refractivity contribution in [2.75, 3.05) is 20.1 Å². The van der Waals surface area contributed by atoms with Crippen LogP contribution in [-0.4, -0.2) is 42.3 Å². The molecule has 14 heavy (non-hydrogen) atoms. The Labute approximate surface area is 92.8 Å². The number of hydrogen-bond donors (Lipinski definition) is 1. The summed E-state index contributed by atoms with van der Waals surface area (Å²) in [7, 11) is 1.94. The Morgan fingerprint density at radius 3 is 3.00 bits per heavy atom. The van der Waals surface area contributed by atoms with E-state index in [2.05, 4.69) is 20.8 Å². The largest absolute Gasteiger partial charge is 0.411 e. The minimum Gasteiger partial charge on any atom is -0.411 e. The fourth-order valence-electron chi connectivity index (χ4n) is 2.09. The molecule has 2 atom stereocenters. The van der Waals surface area contributed by atoms with E-state index < -0.39 is 0 Å². The van der Waals surface area contributed by atoms with E-state index in [1.165, 1.54) is 6.42 Å². The molecular formula is C9H16BrN3O. The first kappa shape index (κ1) is 10.4. The van der Waals surface area contributed by atoms with E-state index in [9.17, 15) is 0 Å². The first-order valence-corrected chi connectivity index (χ1v) is 5.72. The van der Waals surface area contributed by atoms with Crippen LogP contribution < -0.4 is 5.73 Å². The van der Waals surface area contributed by atoms with E-state index in [-0.39, 0.29) is 6.17 Å². The van der Waals surface area contributed by atoms with E-state index in [0.717, 1.165) is 24.0 Å². The molecule has 1 fully saturated rings. The molecule has 0 aromatic heterocycles. The van der Waals surface area contributed by atoms with Crippen molar-refractivity contribution in [2.24, 2.45) is 5.73 Å². The van der Waals surface area contributed by atoms with E-state index in [1.54, 1.807) is 6.26 Å².